The molecule has 0 aromatic carbocycles. The largest absolute Gasteiger partial charge is 0.457 e. The van der Waals surface area contributed by atoms with Crippen LogP contribution in [-0.2, 0) is 23.8 Å². The summed E-state index contributed by atoms with van der Waals surface area (Å²) in [7, 11) is 0. The number of primary amides is 1. The predicted molar refractivity (Wildman–Crippen MR) is 151 cm³/mol. The monoisotopic (exact) mass is 525 g/mol. The van der Waals surface area contributed by atoms with Crippen LogP contribution in [0.25, 0.3) is 0 Å². The van der Waals surface area contributed by atoms with Crippen LogP contribution < -0.4 is 5.73 Å². The summed E-state index contributed by atoms with van der Waals surface area (Å²) in [6.45, 7) is 8.24. The first kappa shape index (κ1) is 30.1. The van der Waals surface area contributed by atoms with Crippen LogP contribution in [-0.4, -0.2) is 42.4 Å². The van der Waals surface area contributed by atoms with Crippen molar-refractivity contribution in [3.8, 4) is 0 Å². The van der Waals surface area contributed by atoms with Gasteiger partial charge in [0.05, 0.1) is 30.8 Å². The highest BCUT2D eigenvalue weighted by Crippen LogP contribution is 2.33. The zero-order chi connectivity index (χ0) is 27.5. The minimum Gasteiger partial charge on any atom is -0.457 e. The number of esters is 1. The van der Waals surface area contributed by atoms with E-state index in [9.17, 15) is 9.59 Å². The molecule has 7 unspecified atom stereocenters. The molecule has 3 aliphatic rings. The quantitative estimate of drug-likeness (QED) is 0.259. The van der Waals surface area contributed by atoms with E-state index in [4.69, 9.17) is 19.9 Å². The van der Waals surface area contributed by atoms with Crippen LogP contribution in [0.15, 0.2) is 59.8 Å². The number of allylic oxidation sites excluding steroid dienone is 6. The van der Waals surface area contributed by atoms with Gasteiger partial charge in [-0.15, -0.1) is 0 Å². The molecule has 0 aromatic rings. The lowest BCUT2D eigenvalue weighted by atomic mass is 9.90. The first-order valence-electron chi connectivity index (χ1n) is 14.3. The molecule has 0 radical (unpaired) electrons. The number of carbonyl (C=O) groups excluding carboxylic acids is 2. The van der Waals surface area contributed by atoms with Gasteiger partial charge in [-0.25, -0.2) is 0 Å². The number of nitrogens with two attached hydrogens (primary N) is 1. The summed E-state index contributed by atoms with van der Waals surface area (Å²) in [6.07, 6.45) is 23.4. The zero-order valence-electron chi connectivity index (χ0n) is 23.6. The van der Waals surface area contributed by atoms with Crippen molar-refractivity contribution in [1.29, 1.82) is 0 Å². The van der Waals surface area contributed by atoms with Crippen LogP contribution >= 0.6 is 0 Å². The number of amides is 1. The maximum absolute atomic E-state index is 13.1. The van der Waals surface area contributed by atoms with Gasteiger partial charge >= 0.3 is 5.97 Å². The molecule has 2 fully saturated rings. The molecule has 1 amide bonds. The van der Waals surface area contributed by atoms with E-state index in [1.807, 2.05) is 37.3 Å². The van der Waals surface area contributed by atoms with E-state index in [0.717, 1.165) is 44.1 Å². The molecule has 38 heavy (non-hydrogen) atoms. The number of rotatable bonds is 5. The minimum absolute atomic E-state index is 0.0113. The maximum Gasteiger partial charge on any atom is 0.309 e. The van der Waals surface area contributed by atoms with Crippen LogP contribution in [0, 0.1) is 11.8 Å². The SMILES string of the molecule is CC=C1CC2CC(=O)OC(C=CC=CC=C(C)CC(N)=O)C(C)C=CC(C)CC3CCCC(CC(C1)O2)O3. The average Bonchev–Trinajstić information content (AvgIpc) is 2.85. The van der Waals surface area contributed by atoms with Gasteiger partial charge in [0, 0.05) is 18.8 Å². The van der Waals surface area contributed by atoms with E-state index >= 15 is 0 Å². The van der Waals surface area contributed by atoms with Crippen molar-refractivity contribution >= 4 is 11.9 Å². The highest BCUT2D eigenvalue weighted by molar-refractivity contribution is 5.76. The summed E-state index contributed by atoms with van der Waals surface area (Å²) in [5.74, 6) is -0.202. The molecule has 3 aliphatic heterocycles. The van der Waals surface area contributed by atoms with Crippen molar-refractivity contribution in [3.63, 3.8) is 0 Å². The van der Waals surface area contributed by atoms with E-state index in [-0.39, 0.29) is 55.1 Å². The minimum atomic E-state index is -0.393. The van der Waals surface area contributed by atoms with Crippen molar-refractivity contribution in [2.45, 2.75) is 116 Å². The number of cyclic esters (lactones) is 1. The van der Waals surface area contributed by atoms with Crippen LogP contribution in [0.5, 0.6) is 0 Å². The fraction of sp³-hybridized carbons (Fsp3) is 0.625. The number of hydrogen-bond acceptors (Lipinski definition) is 5. The van der Waals surface area contributed by atoms with Crippen LogP contribution in [0.3, 0.4) is 0 Å². The normalized spacial score (nSPS) is 35.1. The van der Waals surface area contributed by atoms with Crippen LogP contribution in [0.2, 0.25) is 0 Å². The topological polar surface area (TPSA) is 87.9 Å². The molecule has 3 heterocycles. The summed E-state index contributed by atoms with van der Waals surface area (Å²) in [4.78, 5) is 24.1. The number of ether oxygens (including phenoxy) is 3. The van der Waals surface area contributed by atoms with Gasteiger partial charge in [0.1, 0.15) is 6.10 Å². The Bertz CT molecular complexity index is 945. The lowest BCUT2D eigenvalue weighted by Gasteiger charge is -2.37. The molecule has 0 aliphatic carbocycles. The summed E-state index contributed by atoms with van der Waals surface area (Å²) in [5, 5.41) is 0. The molecule has 4 bridgehead atoms. The Balaban J connectivity index is 1.77. The van der Waals surface area contributed by atoms with Gasteiger partial charge in [-0.05, 0) is 64.4 Å². The molecule has 210 valence electrons. The standard InChI is InChI=1S/C32H47NO5/c1-5-25-18-28-20-27-12-9-11-26(36-27)16-23(3)14-15-24(4)30(38-32(35)21-29(19-25)37-28)13-8-6-7-10-22(2)17-31(33)34/h5-8,10,13-15,23-24,26-30H,9,11-12,16-21H2,1-4H3,(H2,33,34). The summed E-state index contributed by atoms with van der Waals surface area (Å²) < 4.78 is 19.0. The molecule has 3 rings (SSSR count). The highest BCUT2D eigenvalue weighted by atomic mass is 16.5. The van der Waals surface area contributed by atoms with Gasteiger partial charge in [0.15, 0.2) is 0 Å². The van der Waals surface area contributed by atoms with E-state index in [1.165, 1.54) is 12.0 Å². The van der Waals surface area contributed by atoms with Crippen LogP contribution in [0.1, 0.15) is 85.5 Å². The summed E-state index contributed by atoms with van der Waals surface area (Å²) in [6, 6.07) is 0. The fourth-order valence-corrected chi connectivity index (χ4v) is 5.62. The van der Waals surface area contributed by atoms with E-state index in [1.54, 1.807) is 0 Å². The number of hydrogen-bond donors (Lipinski definition) is 1. The molecular formula is C32H47NO5. The average molecular weight is 526 g/mol. The third kappa shape index (κ3) is 10.4. The Hall–Kier alpha value is -2.44. The fourth-order valence-electron chi connectivity index (χ4n) is 5.62. The Morgan fingerprint density at radius 1 is 0.974 bits per heavy atom. The second-order valence-corrected chi connectivity index (χ2v) is 11.3. The molecule has 2 N–H and O–H groups in total. The number of fused-ring (bicyclic) bond motifs is 4. The summed E-state index contributed by atoms with van der Waals surface area (Å²) in [5.41, 5.74) is 7.48. The van der Waals surface area contributed by atoms with E-state index in [2.05, 4.69) is 39.0 Å². The lowest BCUT2D eigenvalue weighted by Crippen LogP contribution is -2.37. The van der Waals surface area contributed by atoms with Crippen molar-refractivity contribution < 1.29 is 23.8 Å². The van der Waals surface area contributed by atoms with Crippen molar-refractivity contribution in [1.82, 2.24) is 0 Å². The smallest absolute Gasteiger partial charge is 0.309 e. The molecule has 0 aromatic heterocycles. The third-order valence-electron chi connectivity index (χ3n) is 7.65. The molecular weight excluding hydrogens is 478 g/mol. The highest BCUT2D eigenvalue weighted by Gasteiger charge is 2.32. The Morgan fingerprint density at radius 3 is 2.42 bits per heavy atom. The number of carbonyl (C=O) groups is 2. The van der Waals surface area contributed by atoms with Crippen molar-refractivity contribution in [3.05, 3.63) is 59.8 Å². The second kappa shape index (κ2) is 15.2. The first-order chi connectivity index (χ1) is 18.2. The van der Waals surface area contributed by atoms with Gasteiger partial charge in [-0.1, -0.05) is 67.5 Å². The molecule has 0 spiro atoms. The van der Waals surface area contributed by atoms with Crippen LogP contribution in [0.4, 0.5) is 0 Å². The Labute approximate surface area is 229 Å². The Kier molecular flexibility index (Phi) is 12.1. The van der Waals surface area contributed by atoms with Gasteiger partial charge < -0.3 is 19.9 Å². The van der Waals surface area contributed by atoms with Gasteiger partial charge in [0.2, 0.25) is 5.91 Å². The molecule has 2 saturated heterocycles. The Morgan fingerprint density at radius 2 is 1.68 bits per heavy atom. The van der Waals surface area contributed by atoms with E-state index < -0.39 is 6.10 Å². The van der Waals surface area contributed by atoms with E-state index in [0.29, 0.717) is 5.92 Å². The van der Waals surface area contributed by atoms with Crippen molar-refractivity contribution in [2.24, 2.45) is 17.6 Å². The lowest BCUT2D eigenvalue weighted by molar-refractivity contribution is -0.154. The van der Waals surface area contributed by atoms with Gasteiger partial charge in [-0.2, -0.15) is 0 Å². The molecule has 7 atom stereocenters. The molecule has 6 heteroatoms. The molecule has 6 nitrogen and oxygen atoms in total. The van der Waals surface area contributed by atoms with Gasteiger partial charge in [-0.3, -0.25) is 9.59 Å². The maximum atomic E-state index is 13.1. The second-order valence-electron chi connectivity index (χ2n) is 11.3. The van der Waals surface area contributed by atoms with Gasteiger partial charge in [0.25, 0.3) is 0 Å². The van der Waals surface area contributed by atoms with Crippen molar-refractivity contribution in [2.75, 3.05) is 0 Å². The molecule has 0 saturated carbocycles. The predicted octanol–water partition coefficient (Wildman–Crippen LogP) is 6.28. The summed E-state index contributed by atoms with van der Waals surface area (Å²) >= 11 is 0. The third-order valence-corrected chi connectivity index (χ3v) is 7.65. The zero-order valence-corrected chi connectivity index (χ0v) is 23.6. The first-order valence-corrected chi connectivity index (χ1v) is 14.3.